The van der Waals surface area contributed by atoms with E-state index in [-0.39, 0.29) is 12.5 Å². The maximum atomic E-state index is 12.0. The third-order valence-corrected chi connectivity index (χ3v) is 3.68. The number of amides is 1. The smallest absolute Gasteiger partial charge is 0.251 e. The van der Waals surface area contributed by atoms with Gasteiger partial charge in [0.05, 0.1) is 5.60 Å². The van der Waals surface area contributed by atoms with Crippen LogP contribution in [0.5, 0.6) is 0 Å². The number of nitrogens with one attached hydrogen (secondary N) is 1. The molecule has 0 aliphatic rings. The van der Waals surface area contributed by atoms with Gasteiger partial charge in [-0.25, -0.2) is 4.98 Å². The van der Waals surface area contributed by atoms with Crippen molar-refractivity contribution < 1.29 is 9.90 Å². The number of aliphatic hydroxyl groups is 1. The van der Waals surface area contributed by atoms with E-state index in [4.69, 9.17) is 0 Å². The molecule has 0 atom stereocenters. The molecule has 106 valence electrons. The van der Waals surface area contributed by atoms with Crippen LogP contribution in [0.4, 0.5) is 0 Å². The Morgan fingerprint density at radius 3 is 2.80 bits per heavy atom. The fraction of sp³-hybridized carbons (Fsp3) is 0.333. The van der Waals surface area contributed by atoms with Crippen LogP contribution in [0.15, 0.2) is 29.6 Å². The Bertz CT molecular complexity index is 614. The summed E-state index contributed by atoms with van der Waals surface area (Å²) in [6.07, 6.45) is 0. The van der Waals surface area contributed by atoms with Crippen LogP contribution in [0.1, 0.15) is 29.9 Å². The molecule has 0 bridgehead atoms. The van der Waals surface area contributed by atoms with Crippen LogP contribution in [0.25, 0.3) is 10.6 Å². The Labute approximate surface area is 122 Å². The molecule has 0 radical (unpaired) electrons. The van der Waals surface area contributed by atoms with Crippen LogP contribution in [-0.2, 0) is 0 Å². The van der Waals surface area contributed by atoms with Crippen molar-refractivity contribution in [1.82, 2.24) is 10.3 Å². The zero-order valence-corrected chi connectivity index (χ0v) is 12.6. The van der Waals surface area contributed by atoms with Crippen molar-refractivity contribution in [2.45, 2.75) is 26.4 Å². The van der Waals surface area contributed by atoms with E-state index in [1.54, 1.807) is 31.3 Å². The van der Waals surface area contributed by atoms with Gasteiger partial charge in [-0.3, -0.25) is 4.79 Å². The van der Waals surface area contributed by atoms with Gasteiger partial charge in [0.2, 0.25) is 0 Å². The van der Waals surface area contributed by atoms with E-state index in [0.717, 1.165) is 16.3 Å². The lowest BCUT2D eigenvalue weighted by molar-refractivity contribution is 0.0694. The first-order chi connectivity index (χ1) is 9.35. The van der Waals surface area contributed by atoms with Gasteiger partial charge in [-0.2, -0.15) is 0 Å². The minimum atomic E-state index is -0.917. The summed E-state index contributed by atoms with van der Waals surface area (Å²) >= 11 is 1.56. The zero-order valence-electron chi connectivity index (χ0n) is 11.8. The van der Waals surface area contributed by atoms with Gasteiger partial charge in [-0.1, -0.05) is 12.1 Å². The van der Waals surface area contributed by atoms with Crippen LogP contribution >= 0.6 is 11.3 Å². The number of hydrogen-bond donors (Lipinski definition) is 2. The highest BCUT2D eigenvalue weighted by Gasteiger charge is 2.15. The van der Waals surface area contributed by atoms with E-state index < -0.39 is 5.60 Å². The summed E-state index contributed by atoms with van der Waals surface area (Å²) in [6, 6.07) is 7.34. The quantitative estimate of drug-likeness (QED) is 0.910. The van der Waals surface area contributed by atoms with Crippen LogP contribution in [0.2, 0.25) is 0 Å². The summed E-state index contributed by atoms with van der Waals surface area (Å²) in [6.45, 7) is 5.47. The molecule has 1 aromatic heterocycles. The Hall–Kier alpha value is -1.72. The number of benzene rings is 1. The van der Waals surface area contributed by atoms with Crippen molar-refractivity contribution in [1.29, 1.82) is 0 Å². The molecule has 4 nitrogen and oxygen atoms in total. The number of thiazole rings is 1. The second kappa shape index (κ2) is 5.73. The maximum absolute atomic E-state index is 12.0. The minimum Gasteiger partial charge on any atom is -0.389 e. The van der Waals surface area contributed by atoms with Crippen molar-refractivity contribution in [3.63, 3.8) is 0 Å². The average Bonchev–Trinajstić information content (AvgIpc) is 2.82. The molecule has 0 spiro atoms. The van der Waals surface area contributed by atoms with Crippen LogP contribution in [0, 0.1) is 6.92 Å². The molecule has 0 aliphatic heterocycles. The third-order valence-electron chi connectivity index (χ3n) is 2.67. The normalized spacial score (nSPS) is 11.4. The number of carbonyl (C=O) groups is 1. The molecule has 2 aromatic rings. The van der Waals surface area contributed by atoms with E-state index in [0.29, 0.717) is 5.56 Å². The summed E-state index contributed by atoms with van der Waals surface area (Å²) in [5.41, 5.74) is 1.56. The minimum absolute atomic E-state index is 0.192. The molecular weight excluding hydrogens is 272 g/mol. The average molecular weight is 290 g/mol. The van der Waals surface area contributed by atoms with Gasteiger partial charge in [0.1, 0.15) is 5.01 Å². The molecule has 0 aliphatic carbocycles. The summed E-state index contributed by atoms with van der Waals surface area (Å²) in [5, 5.41) is 15.2. The highest BCUT2D eigenvalue weighted by atomic mass is 32.1. The monoisotopic (exact) mass is 290 g/mol. The summed E-state index contributed by atoms with van der Waals surface area (Å²) in [5.74, 6) is -0.192. The Balaban J connectivity index is 2.15. The van der Waals surface area contributed by atoms with Gasteiger partial charge >= 0.3 is 0 Å². The summed E-state index contributed by atoms with van der Waals surface area (Å²) in [7, 11) is 0. The molecule has 1 amide bonds. The molecule has 0 saturated heterocycles. The van der Waals surface area contributed by atoms with Crippen molar-refractivity contribution in [3.8, 4) is 10.6 Å². The van der Waals surface area contributed by atoms with Crippen molar-refractivity contribution in [3.05, 3.63) is 40.9 Å². The first-order valence-corrected chi connectivity index (χ1v) is 7.26. The predicted octanol–water partition coefficient (Wildman–Crippen LogP) is 2.62. The second-order valence-electron chi connectivity index (χ2n) is 5.37. The molecule has 0 fully saturated rings. The predicted molar refractivity (Wildman–Crippen MR) is 80.9 cm³/mol. The van der Waals surface area contributed by atoms with E-state index in [1.165, 1.54) is 0 Å². The lowest BCUT2D eigenvalue weighted by Crippen LogP contribution is -2.38. The summed E-state index contributed by atoms with van der Waals surface area (Å²) < 4.78 is 0. The van der Waals surface area contributed by atoms with E-state index in [1.807, 2.05) is 30.5 Å². The lowest BCUT2D eigenvalue weighted by atomic mass is 10.1. The van der Waals surface area contributed by atoms with Gasteiger partial charge in [0.25, 0.3) is 5.91 Å². The Kier molecular flexibility index (Phi) is 4.20. The summed E-state index contributed by atoms with van der Waals surface area (Å²) in [4.78, 5) is 16.5. The molecule has 2 N–H and O–H groups in total. The van der Waals surface area contributed by atoms with Crippen molar-refractivity contribution >= 4 is 17.2 Å². The molecule has 0 saturated carbocycles. The van der Waals surface area contributed by atoms with Gasteiger partial charge in [-0.15, -0.1) is 11.3 Å². The maximum Gasteiger partial charge on any atom is 0.251 e. The highest BCUT2D eigenvalue weighted by molar-refractivity contribution is 7.13. The Morgan fingerprint density at radius 2 is 2.20 bits per heavy atom. The Morgan fingerprint density at radius 1 is 1.45 bits per heavy atom. The van der Waals surface area contributed by atoms with Crippen molar-refractivity contribution in [2.75, 3.05) is 6.54 Å². The zero-order chi connectivity index (χ0) is 14.8. The fourth-order valence-corrected chi connectivity index (χ4v) is 2.47. The van der Waals surface area contributed by atoms with Gasteiger partial charge in [-0.05, 0) is 32.9 Å². The van der Waals surface area contributed by atoms with E-state index >= 15 is 0 Å². The van der Waals surface area contributed by atoms with Crippen LogP contribution < -0.4 is 5.32 Å². The number of nitrogens with zero attached hydrogens (tertiary/aromatic N) is 1. The molecular formula is C15H18N2O2S. The molecule has 0 unspecified atom stereocenters. The molecule has 2 rings (SSSR count). The third kappa shape index (κ3) is 3.88. The molecule has 1 heterocycles. The van der Waals surface area contributed by atoms with E-state index in [9.17, 15) is 9.90 Å². The highest BCUT2D eigenvalue weighted by Crippen LogP contribution is 2.24. The molecule has 1 aromatic carbocycles. The fourth-order valence-electron chi connectivity index (χ4n) is 1.68. The standard InChI is InChI=1S/C15H18N2O2S/c1-10-8-20-14(17-10)12-6-4-5-11(7-12)13(18)16-9-15(2,3)19/h4-8,19H,9H2,1-3H3,(H,16,18). The molecule has 5 heteroatoms. The SMILES string of the molecule is Cc1csc(-c2cccc(C(=O)NCC(C)(C)O)c2)n1. The number of rotatable bonds is 4. The second-order valence-corrected chi connectivity index (χ2v) is 6.23. The van der Waals surface area contributed by atoms with E-state index in [2.05, 4.69) is 10.3 Å². The number of aromatic nitrogens is 1. The van der Waals surface area contributed by atoms with Crippen LogP contribution in [0.3, 0.4) is 0 Å². The largest absolute Gasteiger partial charge is 0.389 e. The number of hydrogen-bond acceptors (Lipinski definition) is 4. The van der Waals surface area contributed by atoms with Gasteiger partial charge in [0, 0.05) is 28.7 Å². The number of aryl methyl sites for hydroxylation is 1. The first-order valence-electron chi connectivity index (χ1n) is 6.38. The van der Waals surface area contributed by atoms with Crippen molar-refractivity contribution in [2.24, 2.45) is 0 Å². The lowest BCUT2D eigenvalue weighted by Gasteiger charge is -2.17. The van der Waals surface area contributed by atoms with Crippen LogP contribution in [-0.4, -0.2) is 28.1 Å². The number of carbonyl (C=O) groups excluding carboxylic acids is 1. The molecule has 20 heavy (non-hydrogen) atoms. The topological polar surface area (TPSA) is 62.2 Å². The first kappa shape index (κ1) is 14.7. The van der Waals surface area contributed by atoms with Gasteiger partial charge < -0.3 is 10.4 Å². The van der Waals surface area contributed by atoms with Gasteiger partial charge in [0.15, 0.2) is 0 Å².